The fraction of sp³-hybridized carbons (Fsp3) is 0.556. The van der Waals surface area contributed by atoms with E-state index in [1.165, 1.54) is 0 Å². The van der Waals surface area contributed by atoms with Crippen LogP contribution in [0.1, 0.15) is 6.23 Å². The van der Waals surface area contributed by atoms with Gasteiger partial charge in [-0.25, -0.2) is 9.36 Å². The first-order valence-electron chi connectivity index (χ1n) is 5.83. The molecule has 1 aliphatic rings. The van der Waals surface area contributed by atoms with Crippen LogP contribution in [0.25, 0.3) is 0 Å². The molecule has 1 aromatic rings. The minimum atomic E-state index is -4.83. The van der Waals surface area contributed by atoms with E-state index < -0.39 is 56.0 Å². The van der Waals surface area contributed by atoms with E-state index in [0.29, 0.717) is 10.8 Å². The smallest absolute Gasteiger partial charge is 0.387 e. The third-order valence-corrected chi connectivity index (χ3v) is 3.43. The standard InChI is InChI=1S/C9H12FN2O9P/c10-3-1-12(9(16)11-7(3)15)8-6(14)5(13)4(21-8)2-20-22(17,18)19/h1,4-6,8,13-14H,2H2,(H,11,15,16)(H2,17,18,19)/t4-,5-,6+,8?/m1/s1. The highest BCUT2D eigenvalue weighted by atomic mass is 31.2. The van der Waals surface area contributed by atoms with Gasteiger partial charge in [0.1, 0.15) is 18.3 Å². The molecule has 0 amide bonds. The van der Waals surface area contributed by atoms with Gasteiger partial charge in [-0.1, -0.05) is 0 Å². The summed E-state index contributed by atoms with van der Waals surface area (Å²) in [5.41, 5.74) is -2.37. The Hall–Kier alpha value is -1.40. The zero-order valence-electron chi connectivity index (χ0n) is 10.7. The minimum absolute atomic E-state index is 0.480. The Bertz CT molecular complexity index is 712. The van der Waals surface area contributed by atoms with Gasteiger partial charge in [0.05, 0.1) is 12.8 Å². The van der Waals surface area contributed by atoms with Gasteiger partial charge in [-0.05, 0) is 0 Å². The second-order valence-corrected chi connectivity index (χ2v) is 5.72. The number of hydrogen-bond donors (Lipinski definition) is 5. The van der Waals surface area contributed by atoms with Gasteiger partial charge in [-0.3, -0.25) is 18.9 Å². The first-order chi connectivity index (χ1) is 10.1. The quantitative estimate of drug-likeness (QED) is 0.368. The average Bonchev–Trinajstić information content (AvgIpc) is 2.68. The minimum Gasteiger partial charge on any atom is -0.387 e. The van der Waals surface area contributed by atoms with Crippen LogP contribution in [-0.4, -0.2) is 54.5 Å². The first-order valence-corrected chi connectivity index (χ1v) is 7.36. The molecule has 4 atom stereocenters. The molecule has 5 N–H and O–H groups in total. The summed E-state index contributed by atoms with van der Waals surface area (Å²) >= 11 is 0. The van der Waals surface area contributed by atoms with Gasteiger partial charge in [0.15, 0.2) is 6.23 Å². The second kappa shape index (κ2) is 6.01. The molecular weight excluding hydrogens is 330 g/mol. The Kier molecular flexibility index (Phi) is 4.63. The van der Waals surface area contributed by atoms with Crippen LogP contribution in [0.4, 0.5) is 4.39 Å². The maximum atomic E-state index is 13.2. The van der Waals surface area contributed by atoms with Crippen LogP contribution < -0.4 is 11.2 Å². The summed E-state index contributed by atoms with van der Waals surface area (Å²) in [5.74, 6) is -1.32. The molecule has 1 unspecified atom stereocenters. The predicted molar refractivity (Wildman–Crippen MR) is 65.2 cm³/mol. The number of phosphoric ester groups is 1. The number of aliphatic hydroxyl groups excluding tert-OH is 2. The summed E-state index contributed by atoms with van der Waals surface area (Å²) in [6.07, 6.45) is -5.84. The molecule has 2 rings (SSSR count). The lowest BCUT2D eigenvalue weighted by Gasteiger charge is -2.16. The van der Waals surface area contributed by atoms with Gasteiger partial charge < -0.3 is 24.7 Å². The Balaban J connectivity index is 2.23. The van der Waals surface area contributed by atoms with E-state index in [0.717, 1.165) is 0 Å². The first kappa shape index (κ1) is 17.0. The molecule has 0 aliphatic carbocycles. The maximum Gasteiger partial charge on any atom is 0.469 e. The Morgan fingerprint density at radius 3 is 2.59 bits per heavy atom. The van der Waals surface area contributed by atoms with Crippen LogP contribution in [0.2, 0.25) is 0 Å². The van der Waals surface area contributed by atoms with Crippen LogP contribution in [0.15, 0.2) is 15.8 Å². The van der Waals surface area contributed by atoms with Crippen LogP contribution in [0.3, 0.4) is 0 Å². The van der Waals surface area contributed by atoms with E-state index in [-0.39, 0.29) is 0 Å². The Morgan fingerprint density at radius 2 is 2.00 bits per heavy atom. The number of ether oxygens (including phenoxy) is 1. The molecule has 0 saturated carbocycles. The lowest BCUT2D eigenvalue weighted by Crippen LogP contribution is -2.38. The normalized spacial score (nSPS) is 29.0. The molecule has 124 valence electrons. The van der Waals surface area contributed by atoms with E-state index in [4.69, 9.17) is 14.5 Å². The summed E-state index contributed by atoms with van der Waals surface area (Å²) in [7, 11) is -4.83. The van der Waals surface area contributed by atoms with E-state index in [9.17, 15) is 28.8 Å². The number of aromatic nitrogens is 2. The molecule has 11 nitrogen and oxygen atoms in total. The van der Waals surface area contributed by atoms with Crippen molar-refractivity contribution in [1.82, 2.24) is 9.55 Å². The number of hydrogen-bond acceptors (Lipinski definition) is 7. The summed E-state index contributed by atoms with van der Waals surface area (Å²) in [6, 6.07) is 0. The van der Waals surface area contributed by atoms with Gasteiger partial charge in [-0.2, -0.15) is 4.39 Å². The molecule has 0 aromatic carbocycles. The number of rotatable bonds is 4. The van der Waals surface area contributed by atoms with Crippen molar-refractivity contribution in [2.24, 2.45) is 0 Å². The molecule has 1 fully saturated rings. The van der Waals surface area contributed by atoms with E-state index in [1.807, 2.05) is 0 Å². The topological polar surface area (TPSA) is 171 Å². The van der Waals surface area contributed by atoms with Crippen molar-refractivity contribution in [3.8, 4) is 0 Å². The molecule has 2 heterocycles. The van der Waals surface area contributed by atoms with Crippen molar-refractivity contribution in [3.63, 3.8) is 0 Å². The number of H-pyrrole nitrogens is 1. The van der Waals surface area contributed by atoms with Crippen molar-refractivity contribution >= 4 is 7.82 Å². The zero-order chi connectivity index (χ0) is 16.7. The van der Waals surface area contributed by atoms with E-state index >= 15 is 0 Å². The Morgan fingerprint density at radius 1 is 1.36 bits per heavy atom. The number of phosphoric acid groups is 1. The van der Waals surface area contributed by atoms with E-state index in [1.54, 1.807) is 4.98 Å². The monoisotopic (exact) mass is 342 g/mol. The Labute approximate surface area is 120 Å². The van der Waals surface area contributed by atoms with E-state index in [2.05, 4.69) is 4.52 Å². The largest absolute Gasteiger partial charge is 0.469 e. The highest BCUT2D eigenvalue weighted by Crippen LogP contribution is 2.38. The van der Waals surface area contributed by atoms with Gasteiger partial charge in [0.25, 0.3) is 5.56 Å². The summed E-state index contributed by atoms with van der Waals surface area (Å²) in [6.45, 7) is -0.778. The maximum absolute atomic E-state index is 13.2. The molecule has 0 spiro atoms. The SMILES string of the molecule is O=c1[nH]c(=O)n(C2O[C@H](COP(=O)(O)O)[C@@H](O)[C@@H]2O)cc1F. The van der Waals surface area contributed by atoms with Crippen LogP contribution >= 0.6 is 7.82 Å². The van der Waals surface area contributed by atoms with Gasteiger partial charge >= 0.3 is 13.5 Å². The average molecular weight is 342 g/mol. The van der Waals surface area contributed by atoms with Gasteiger partial charge in [-0.15, -0.1) is 0 Å². The van der Waals surface area contributed by atoms with Crippen LogP contribution in [-0.2, 0) is 13.8 Å². The molecule has 0 radical (unpaired) electrons. The number of aliphatic hydroxyl groups is 2. The van der Waals surface area contributed by atoms with Crippen molar-refractivity contribution in [1.29, 1.82) is 0 Å². The van der Waals surface area contributed by atoms with Crippen molar-refractivity contribution in [3.05, 3.63) is 32.9 Å². The molecule has 22 heavy (non-hydrogen) atoms. The molecule has 1 aliphatic heterocycles. The van der Waals surface area contributed by atoms with Crippen LogP contribution in [0.5, 0.6) is 0 Å². The number of halogens is 1. The van der Waals surface area contributed by atoms with Crippen molar-refractivity contribution < 1.29 is 38.2 Å². The summed E-state index contributed by atoms with van der Waals surface area (Å²) in [5, 5.41) is 19.5. The van der Waals surface area contributed by atoms with Crippen LogP contribution in [0, 0.1) is 5.82 Å². The fourth-order valence-electron chi connectivity index (χ4n) is 1.92. The second-order valence-electron chi connectivity index (χ2n) is 4.48. The third-order valence-electron chi connectivity index (χ3n) is 2.94. The number of nitrogens with one attached hydrogen (secondary N) is 1. The zero-order valence-corrected chi connectivity index (χ0v) is 11.6. The van der Waals surface area contributed by atoms with Gasteiger partial charge in [0, 0.05) is 0 Å². The third kappa shape index (κ3) is 3.50. The predicted octanol–water partition coefficient (Wildman–Crippen LogP) is -2.60. The summed E-state index contributed by atoms with van der Waals surface area (Å²) < 4.78 is 33.5. The molecule has 1 saturated heterocycles. The lowest BCUT2D eigenvalue weighted by atomic mass is 10.1. The molecule has 0 bridgehead atoms. The van der Waals surface area contributed by atoms with Crippen molar-refractivity contribution in [2.45, 2.75) is 24.5 Å². The number of aromatic amines is 1. The highest BCUT2D eigenvalue weighted by Gasteiger charge is 2.45. The highest BCUT2D eigenvalue weighted by molar-refractivity contribution is 7.46. The molecular formula is C9H12FN2O9P. The number of nitrogens with zero attached hydrogens (tertiary/aromatic N) is 1. The molecule has 13 heteroatoms. The fourth-order valence-corrected chi connectivity index (χ4v) is 2.26. The summed E-state index contributed by atoms with van der Waals surface area (Å²) in [4.78, 5) is 41.3. The lowest BCUT2D eigenvalue weighted by molar-refractivity contribution is -0.0547. The molecule has 1 aromatic heterocycles. The van der Waals surface area contributed by atoms with Crippen molar-refractivity contribution in [2.75, 3.05) is 6.61 Å². The van der Waals surface area contributed by atoms with Gasteiger partial charge in [0.2, 0.25) is 5.82 Å².